The zero-order chi connectivity index (χ0) is 16.4. The summed E-state index contributed by atoms with van der Waals surface area (Å²) in [5.74, 6) is -0.299. The van der Waals surface area contributed by atoms with Crippen LogP contribution in [0.15, 0.2) is 30.6 Å². The molecular formula is C15H12N6OS. The zero-order valence-electron chi connectivity index (χ0n) is 12.4. The summed E-state index contributed by atoms with van der Waals surface area (Å²) in [6.45, 7) is 1.83. The fourth-order valence-corrected chi connectivity index (χ4v) is 2.94. The smallest absolute Gasteiger partial charge is 0.276 e. The second-order valence-electron chi connectivity index (χ2n) is 4.80. The number of aryl methyl sites for hydroxylation is 2. The fourth-order valence-electron chi connectivity index (χ4n) is 2.08. The highest BCUT2D eigenvalue weighted by Gasteiger charge is 2.15. The zero-order valence-corrected chi connectivity index (χ0v) is 13.3. The Hall–Kier alpha value is -3.05. The molecular weight excluding hydrogens is 312 g/mol. The molecule has 0 fully saturated rings. The summed E-state index contributed by atoms with van der Waals surface area (Å²) in [6, 6.07) is 7.29. The lowest BCUT2D eigenvalue weighted by molar-refractivity contribution is 0.102. The molecule has 0 bridgehead atoms. The van der Waals surface area contributed by atoms with E-state index >= 15 is 0 Å². The molecule has 0 unspecified atom stereocenters. The van der Waals surface area contributed by atoms with Crippen LogP contribution >= 0.6 is 11.3 Å². The molecule has 1 N–H and O–H groups in total. The van der Waals surface area contributed by atoms with Crippen LogP contribution in [0.25, 0.3) is 10.6 Å². The van der Waals surface area contributed by atoms with Crippen LogP contribution in [-0.2, 0) is 7.05 Å². The Morgan fingerprint density at radius 3 is 2.96 bits per heavy atom. The first-order chi connectivity index (χ1) is 11.1. The van der Waals surface area contributed by atoms with E-state index in [2.05, 4.69) is 20.4 Å². The summed E-state index contributed by atoms with van der Waals surface area (Å²) in [7, 11) is 1.76. The molecule has 0 radical (unpaired) electrons. The monoisotopic (exact) mass is 324 g/mol. The molecule has 3 rings (SSSR count). The van der Waals surface area contributed by atoms with Gasteiger partial charge in [-0.05, 0) is 18.6 Å². The number of carbonyl (C=O) groups excluding carboxylic acids is 1. The van der Waals surface area contributed by atoms with E-state index in [0.29, 0.717) is 16.5 Å². The lowest BCUT2D eigenvalue weighted by Gasteiger charge is -2.03. The first kappa shape index (κ1) is 14.9. The number of nitriles is 1. The van der Waals surface area contributed by atoms with Gasteiger partial charge in [-0.1, -0.05) is 17.4 Å². The highest BCUT2D eigenvalue weighted by atomic mass is 32.1. The van der Waals surface area contributed by atoms with Crippen molar-refractivity contribution < 1.29 is 4.79 Å². The number of thiazole rings is 1. The van der Waals surface area contributed by atoms with E-state index in [-0.39, 0.29) is 5.91 Å². The van der Waals surface area contributed by atoms with Gasteiger partial charge in [0.2, 0.25) is 0 Å². The number of nitrogens with zero attached hydrogens (tertiary/aromatic N) is 5. The maximum absolute atomic E-state index is 12.2. The van der Waals surface area contributed by atoms with Gasteiger partial charge in [-0.25, -0.2) is 4.98 Å². The van der Waals surface area contributed by atoms with Crippen LogP contribution in [0.2, 0.25) is 0 Å². The minimum atomic E-state index is -0.299. The fraction of sp³-hybridized carbons (Fsp3) is 0.133. The molecule has 0 aliphatic rings. The maximum Gasteiger partial charge on any atom is 0.276 e. The lowest BCUT2D eigenvalue weighted by atomic mass is 10.2. The largest absolute Gasteiger partial charge is 0.296 e. The number of nitrogens with one attached hydrogen (secondary N) is 1. The van der Waals surface area contributed by atoms with E-state index in [1.165, 1.54) is 11.3 Å². The molecule has 0 aliphatic carbocycles. The normalized spacial score (nSPS) is 10.3. The van der Waals surface area contributed by atoms with Crippen LogP contribution in [0.5, 0.6) is 0 Å². The molecule has 0 spiro atoms. The molecule has 0 aliphatic heterocycles. The summed E-state index contributed by atoms with van der Waals surface area (Å²) in [4.78, 5) is 21.3. The molecule has 3 aromatic heterocycles. The molecule has 0 atom stereocenters. The highest BCUT2D eigenvalue weighted by Crippen LogP contribution is 2.29. The van der Waals surface area contributed by atoms with Crippen LogP contribution in [0.4, 0.5) is 5.13 Å². The number of hydrogen-bond donors (Lipinski definition) is 1. The van der Waals surface area contributed by atoms with Crippen molar-refractivity contribution in [2.45, 2.75) is 6.92 Å². The summed E-state index contributed by atoms with van der Waals surface area (Å²) in [5.41, 5.74) is 2.28. The minimum absolute atomic E-state index is 0.299. The van der Waals surface area contributed by atoms with Gasteiger partial charge in [0.05, 0.1) is 10.6 Å². The SMILES string of the molecule is Cc1cccnc1C(=O)Nc1ncc(-c2cc(C#N)nn2C)s1. The van der Waals surface area contributed by atoms with Gasteiger partial charge in [-0.2, -0.15) is 10.4 Å². The quantitative estimate of drug-likeness (QED) is 0.798. The summed E-state index contributed by atoms with van der Waals surface area (Å²) < 4.78 is 1.61. The van der Waals surface area contributed by atoms with Gasteiger partial charge >= 0.3 is 0 Å². The van der Waals surface area contributed by atoms with Gasteiger partial charge in [-0.15, -0.1) is 0 Å². The standard InChI is InChI=1S/C15H12N6OS/c1-9-4-3-5-17-13(9)14(22)19-15-18-8-12(23-15)11-6-10(7-16)20-21(11)2/h3-6,8H,1-2H3,(H,18,19,22). The molecule has 114 valence electrons. The van der Waals surface area contributed by atoms with Gasteiger partial charge < -0.3 is 0 Å². The Labute approximate surface area is 136 Å². The van der Waals surface area contributed by atoms with Gasteiger partial charge in [0, 0.05) is 25.5 Å². The van der Waals surface area contributed by atoms with Gasteiger partial charge in [-0.3, -0.25) is 19.8 Å². The number of carbonyl (C=O) groups is 1. The molecule has 7 nitrogen and oxygen atoms in total. The summed E-state index contributed by atoms with van der Waals surface area (Å²) in [6.07, 6.45) is 3.22. The van der Waals surface area contributed by atoms with Gasteiger partial charge in [0.25, 0.3) is 5.91 Å². The number of anilines is 1. The number of hydrogen-bond acceptors (Lipinski definition) is 6. The third kappa shape index (κ3) is 2.95. The van der Waals surface area contributed by atoms with Crippen LogP contribution in [0.3, 0.4) is 0 Å². The van der Waals surface area contributed by atoms with Crippen molar-refractivity contribution >= 4 is 22.4 Å². The van der Waals surface area contributed by atoms with Crippen molar-refractivity contribution in [1.82, 2.24) is 19.7 Å². The first-order valence-electron chi connectivity index (χ1n) is 6.72. The van der Waals surface area contributed by atoms with E-state index in [1.54, 1.807) is 36.3 Å². The third-order valence-corrected chi connectivity index (χ3v) is 4.13. The number of amides is 1. The van der Waals surface area contributed by atoms with Crippen molar-refractivity contribution in [2.24, 2.45) is 7.05 Å². The lowest BCUT2D eigenvalue weighted by Crippen LogP contribution is -2.14. The Morgan fingerprint density at radius 1 is 1.43 bits per heavy atom. The van der Waals surface area contributed by atoms with Crippen LogP contribution in [-0.4, -0.2) is 25.7 Å². The average Bonchev–Trinajstić information content (AvgIpc) is 3.13. The number of pyridine rings is 1. The van der Waals surface area contributed by atoms with Crippen LogP contribution < -0.4 is 5.32 Å². The van der Waals surface area contributed by atoms with Gasteiger partial charge in [0.1, 0.15) is 11.8 Å². The Bertz CT molecular complexity index is 920. The van der Waals surface area contributed by atoms with Crippen molar-refractivity contribution in [3.8, 4) is 16.6 Å². The molecule has 0 aromatic carbocycles. The Kier molecular flexibility index (Phi) is 3.87. The highest BCUT2D eigenvalue weighted by molar-refractivity contribution is 7.19. The van der Waals surface area contributed by atoms with Crippen molar-refractivity contribution in [1.29, 1.82) is 5.26 Å². The Morgan fingerprint density at radius 2 is 2.26 bits per heavy atom. The van der Waals surface area contributed by atoms with Crippen molar-refractivity contribution in [3.05, 3.63) is 47.5 Å². The number of aromatic nitrogens is 4. The first-order valence-corrected chi connectivity index (χ1v) is 7.53. The second kappa shape index (κ2) is 5.98. The summed E-state index contributed by atoms with van der Waals surface area (Å²) in [5, 5.41) is 16.2. The molecule has 3 aromatic rings. The molecule has 8 heteroatoms. The van der Waals surface area contributed by atoms with E-state index in [1.807, 2.05) is 19.1 Å². The van der Waals surface area contributed by atoms with Gasteiger partial charge in [0.15, 0.2) is 10.8 Å². The topological polar surface area (TPSA) is 96.5 Å². The maximum atomic E-state index is 12.2. The van der Waals surface area contributed by atoms with E-state index in [0.717, 1.165) is 16.1 Å². The molecule has 0 saturated heterocycles. The Balaban J connectivity index is 1.83. The summed E-state index contributed by atoms with van der Waals surface area (Å²) >= 11 is 1.31. The molecule has 0 saturated carbocycles. The van der Waals surface area contributed by atoms with Crippen LogP contribution in [0, 0.1) is 18.3 Å². The van der Waals surface area contributed by atoms with E-state index < -0.39 is 0 Å². The molecule has 1 amide bonds. The predicted molar refractivity (Wildman–Crippen MR) is 86.0 cm³/mol. The molecule has 3 heterocycles. The third-order valence-electron chi connectivity index (χ3n) is 3.20. The van der Waals surface area contributed by atoms with E-state index in [9.17, 15) is 4.79 Å². The van der Waals surface area contributed by atoms with Crippen molar-refractivity contribution in [3.63, 3.8) is 0 Å². The number of rotatable bonds is 3. The molecule has 23 heavy (non-hydrogen) atoms. The van der Waals surface area contributed by atoms with E-state index in [4.69, 9.17) is 5.26 Å². The second-order valence-corrected chi connectivity index (χ2v) is 5.83. The average molecular weight is 324 g/mol. The minimum Gasteiger partial charge on any atom is -0.296 e. The van der Waals surface area contributed by atoms with Crippen LogP contribution in [0.1, 0.15) is 21.7 Å². The predicted octanol–water partition coefficient (Wildman–Crippen LogP) is 2.37. The van der Waals surface area contributed by atoms with Crippen molar-refractivity contribution in [2.75, 3.05) is 5.32 Å².